The first-order valence-electron chi connectivity index (χ1n) is 6.91. The molecule has 5 nitrogen and oxygen atoms in total. The standard InChI is InChI=1S/C15H20N4O/c1-18-15(16)14(10-17-18)13-4-2-3-12(9-13)11-19-5-7-20-8-6-19/h2-4,9-10H,5-8,11,16H2,1H3. The third-order valence-corrected chi connectivity index (χ3v) is 3.73. The summed E-state index contributed by atoms with van der Waals surface area (Å²) in [6.07, 6.45) is 1.82. The van der Waals surface area contributed by atoms with Gasteiger partial charge in [0.05, 0.1) is 19.4 Å². The maximum Gasteiger partial charge on any atom is 0.129 e. The number of hydrogen-bond donors (Lipinski definition) is 1. The first kappa shape index (κ1) is 13.1. The second kappa shape index (κ2) is 5.64. The van der Waals surface area contributed by atoms with Crippen molar-refractivity contribution in [1.29, 1.82) is 0 Å². The third kappa shape index (κ3) is 2.69. The van der Waals surface area contributed by atoms with E-state index in [1.807, 2.05) is 13.2 Å². The molecule has 0 saturated carbocycles. The van der Waals surface area contributed by atoms with Crippen LogP contribution in [0.1, 0.15) is 5.56 Å². The van der Waals surface area contributed by atoms with Crippen LogP contribution >= 0.6 is 0 Å². The number of benzene rings is 1. The summed E-state index contributed by atoms with van der Waals surface area (Å²) >= 11 is 0. The Balaban J connectivity index is 1.80. The number of ether oxygens (including phenoxy) is 1. The molecule has 106 valence electrons. The van der Waals surface area contributed by atoms with Gasteiger partial charge in [0.15, 0.2) is 0 Å². The SMILES string of the molecule is Cn1ncc(-c2cccc(CN3CCOCC3)c2)c1N. The predicted octanol–water partition coefficient (Wildman–Crippen LogP) is 1.50. The predicted molar refractivity (Wildman–Crippen MR) is 79.2 cm³/mol. The van der Waals surface area contributed by atoms with Crippen molar-refractivity contribution in [3.63, 3.8) is 0 Å². The van der Waals surface area contributed by atoms with Crippen LogP contribution in [0.3, 0.4) is 0 Å². The maximum absolute atomic E-state index is 6.04. The molecule has 1 saturated heterocycles. The van der Waals surface area contributed by atoms with E-state index in [-0.39, 0.29) is 0 Å². The van der Waals surface area contributed by atoms with Crippen molar-refractivity contribution < 1.29 is 4.74 Å². The number of nitrogen functional groups attached to an aromatic ring is 1. The average molecular weight is 272 g/mol. The Morgan fingerprint density at radius 1 is 1.30 bits per heavy atom. The molecule has 2 heterocycles. The summed E-state index contributed by atoms with van der Waals surface area (Å²) in [4.78, 5) is 2.41. The highest BCUT2D eigenvalue weighted by Crippen LogP contribution is 2.26. The molecular formula is C15H20N4O. The second-order valence-electron chi connectivity index (χ2n) is 5.16. The van der Waals surface area contributed by atoms with Crippen molar-refractivity contribution in [2.24, 2.45) is 7.05 Å². The van der Waals surface area contributed by atoms with Gasteiger partial charge in [-0.05, 0) is 17.2 Å². The molecule has 1 aliphatic heterocycles. The van der Waals surface area contributed by atoms with Gasteiger partial charge in [0.1, 0.15) is 5.82 Å². The van der Waals surface area contributed by atoms with Gasteiger partial charge >= 0.3 is 0 Å². The summed E-state index contributed by atoms with van der Waals surface area (Å²) < 4.78 is 7.08. The molecule has 1 fully saturated rings. The summed E-state index contributed by atoms with van der Waals surface area (Å²) in [5.41, 5.74) is 9.46. The van der Waals surface area contributed by atoms with Gasteiger partial charge in [0.25, 0.3) is 0 Å². The highest BCUT2D eigenvalue weighted by molar-refractivity contribution is 5.73. The molecule has 0 amide bonds. The summed E-state index contributed by atoms with van der Waals surface area (Å²) in [7, 11) is 1.86. The fourth-order valence-corrected chi connectivity index (χ4v) is 2.52. The summed E-state index contributed by atoms with van der Waals surface area (Å²) in [5, 5.41) is 4.20. The average Bonchev–Trinajstić information content (AvgIpc) is 2.80. The van der Waals surface area contributed by atoms with Crippen LogP contribution in [-0.4, -0.2) is 41.0 Å². The van der Waals surface area contributed by atoms with Crippen molar-refractivity contribution in [2.45, 2.75) is 6.54 Å². The molecule has 0 spiro atoms. The molecule has 0 aliphatic carbocycles. The Labute approximate surface area is 118 Å². The monoisotopic (exact) mass is 272 g/mol. The second-order valence-corrected chi connectivity index (χ2v) is 5.16. The van der Waals surface area contributed by atoms with Crippen LogP contribution in [0, 0.1) is 0 Å². The number of nitrogens with two attached hydrogens (primary N) is 1. The smallest absolute Gasteiger partial charge is 0.129 e. The number of rotatable bonds is 3. The minimum atomic E-state index is 0.702. The summed E-state index contributed by atoms with van der Waals surface area (Å²) in [5.74, 6) is 0.702. The Morgan fingerprint density at radius 3 is 2.80 bits per heavy atom. The zero-order chi connectivity index (χ0) is 13.9. The van der Waals surface area contributed by atoms with Gasteiger partial charge in [-0.1, -0.05) is 18.2 Å². The molecule has 1 aliphatic rings. The first-order valence-corrected chi connectivity index (χ1v) is 6.91. The fourth-order valence-electron chi connectivity index (χ4n) is 2.52. The molecule has 20 heavy (non-hydrogen) atoms. The van der Waals surface area contributed by atoms with Crippen molar-refractivity contribution >= 4 is 5.82 Å². The zero-order valence-electron chi connectivity index (χ0n) is 11.7. The van der Waals surface area contributed by atoms with Crippen molar-refractivity contribution in [1.82, 2.24) is 14.7 Å². The van der Waals surface area contributed by atoms with Gasteiger partial charge < -0.3 is 10.5 Å². The van der Waals surface area contributed by atoms with Crippen LogP contribution < -0.4 is 5.73 Å². The molecular weight excluding hydrogens is 252 g/mol. The molecule has 1 aromatic carbocycles. The minimum absolute atomic E-state index is 0.702. The third-order valence-electron chi connectivity index (χ3n) is 3.73. The Kier molecular flexibility index (Phi) is 3.71. The molecule has 0 atom stereocenters. The van der Waals surface area contributed by atoms with Gasteiger partial charge in [-0.15, -0.1) is 0 Å². The van der Waals surface area contributed by atoms with E-state index in [2.05, 4.69) is 34.3 Å². The van der Waals surface area contributed by atoms with E-state index in [0.717, 1.165) is 44.0 Å². The normalized spacial score (nSPS) is 16.4. The number of morpholine rings is 1. The van der Waals surface area contributed by atoms with Crippen molar-refractivity contribution in [2.75, 3.05) is 32.0 Å². The molecule has 3 rings (SSSR count). The summed E-state index contributed by atoms with van der Waals surface area (Å²) in [6.45, 7) is 4.61. The van der Waals surface area contributed by atoms with E-state index in [4.69, 9.17) is 10.5 Å². The van der Waals surface area contributed by atoms with Gasteiger partial charge in [-0.3, -0.25) is 9.58 Å². The fraction of sp³-hybridized carbons (Fsp3) is 0.400. The Morgan fingerprint density at radius 2 is 2.10 bits per heavy atom. The molecule has 0 unspecified atom stereocenters. The Hall–Kier alpha value is -1.85. The highest BCUT2D eigenvalue weighted by Gasteiger charge is 2.12. The van der Waals surface area contributed by atoms with Crippen LogP contribution in [0.15, 0.2) is 30.5 Å². The number of aryl methyl sites for hydroxylation is 1. The van der Waals surface area contributed by atoms with Crippen LogP contribution in [-0.2, 0) is 18.3 Å². The molecule has 5 heteroatoms. The van der Waals surface area contributed by atoms with Crippen molar-refractivity contribution in [3.05, 3.63) is 36.0 Å². The van der Waals surface area contributed by atoms with Gasteiger partial charge in [0, 0.05) is 32.2 Å². The van der Waals surface area contributed by atoms with E-state index < -0.39 is 0 Å². The number of aromatic nitrogens is 2. The summed E-state index contributed by atoms with van der Waals surface area (Å²) in [6, 6.07) is 8.52. The van der Waals surface area contributed by atoms with Gasteiger partial charge in [-0.25, -0.2) is 0 Å². The van der Waals surface area contributed by atoms with Gasteiger partial charge in [-0.2, -0.15) is 5.10 Å². The van der Waals surface area contributed by atoms with E-state index >= 15 is 0 Å². The first-order chi connectivity index (χ1) is 9.74. The Bertz CT molecular complexity index is 587. The molecule has 2 aromatic rings. The molecule has 0 bridgehead atoms. The quantitative estimate of drug-likeness (QED) is 0.920. The number of nitrogens with zero attached hydrogens (tertiary/aromatic N) is 3. The van der Waals surface area contributed by atoms with Crippen LogP contribution in [0.5, 0.6) is 0 Å². The van der Waals surface area contributed by atoms with Gasteiger partial charge in [0.2, 0.25) is 0 Å². The lowest BCUT2D eigenvalue weighted by Crippen LogP contribution is -2.35. The number of hydrogen-bond acceptors (Lipinski definition) is 4. The maximum atomic E-state index is 6.04. The zero-order valence-corrected chi connectivity index (χ0v) is 11.7. The van der Waals surface area contributed by atoms with E-state index in [0.29, 0.717) is 5.82 Å². The van der Waals surface area contributed by atoms with Crippen LogP contribution in [0.4, 0.5) is 5.82 Å². The minimum Gasteiger partial charge on any atom is -0.383 e. The van der Waals surface area contributed by atoms with E-state index in [9.17, 15) is 0 Å². The number of anilines is 1. The van der Waals surface area contributed by atoms with Crippen LogP contribution in [0.25, 0.3) is 11.1 Å². The topological polar surface area (TPSA) is 56.3 Å². The lowest BCUT2D eigenvalue weighted by molar-refractivity contribution is 0.0342. The largest absolute Gasteiger partial charge is 0.383 e. The van der Waals surface area contributed by atoms with Crippen molar-refractivity contribution in [3.8, 4) is 11.1 Å². The van der Waals surface area contributed by atoms with Crippen LogP contribution in [0.2, 0.25) is 0 Å². The lowest BCUT2D eigenvalue weighted by atomic mass is 10.1. The van der Waals surface area contributed by atoms with E-state index in [1.165, 1.54) is 5.56 Å². The molecule has 0 radical (unpaired) electrons. The molecule has 2 N–H and O–H groups in total. The molecule has 1 aromatic heterocycles. The lowest BCUT2D eigenvalue weighted by Gasteiger charge is -2.26. The highest BCUT2D eigenvalue weighted by atomic mass is 16.5. The van der Waals surface area contributed by atoms with E-state index in [1.54, 1.807) is 4.68 Å².